The van der Waals surface area contributed by atoms with Crippen LogP contribution in [-0.2, 0) is 14.3 Å². The molecule has 1 spiro atoms. The summed E-state index contributed by atoms with van der Waals surface area (Å²) < 4.78 is 5.80. The van der Waals surface area contributed by atoms with E-state index in [1.807, 2.05) is 44.2 Å². The highest BCUT2D eigenvalue weighted by Gasteiger charge is 2.49. The van der Waals surface area contributed by atoms with Crippen LogP contribution in [0.25, 0.3) is 5.57 Å². The van der Waals surface area contributed by atoms with Gasteiger partial charge in [0.25, 0.3) is 5.91 Å². The Hall–Kier alpha value is -2.98. The van der Waals surface area contributed by atoms with Gasteiger partial charge in [-0.15, -0.1) is 25.7 Å². The number of esters is 1. The molecule has 1 aromatic rings. The van der Waals surface area contributed by atoms with E-state index >= 15 is 0 Å². The van der Waals surface area contributed by atoms with Gasteiger partial charge in [-0.05, 0) is 37.2 Å². The number of ether oxygens (including phenoxy) is 1. The lowest BCUT2D eigenvalue weighted by molar-refractivity contribution is -0.144. The van der Waals surface area contributed by atoms with Crippen LogP contribution in [0.4, 0.5) is 0 Å². The van der Waals surface area contributed by atoms with Crippen molar-refractivity contribution in [1.29, 1.82) is 0 Å². The van der Waals surface area contributed by atoms with Crippen molar-refractivity contribution in [3.05, 3.63) is 41.7 Å². The number of hydrogen-bond donors (Lipinski definition) is 1. The molecule has 1 amide bonds. The first-order chi connectivity index (χ1) is 13.4. The number of carbonyl (C=O) groups is 2. The van der Waals surface area contributed by atoms with Gasteiger partial charge in [0, 0.05) is 2.85 Å². The monoisotopic (exact) mass is 383 g/mol. The molecule has 0 aromatic heterocycles. The third-order valence-electron chi connectivity index (χ3n) is 5.11. The fourth-order valence-corrected chi connectivity index (χ4v) is 3.52. The van der Waals surface area contributed by atoms with Gasteiger partial charge in [0.2, 0.25) is 0 Å². The maximum atomic E-state index is 12.7. The molecule has 1 N–H and O–H groups in total. The van der Waals surface area contributed by atoms with Gasteiger partial charge in [0.05, 0.1) is 17.0 Å². The van der Waals surface area contributed by atoms with Crippen LogP contribution in [0, 0.1) is 37.5 Å². The first-order valence-corrected chi connectivity index (χ1v) is 9.44. The molecule has 152 valence electrons. The van der Waals surface area contributed by atoms with Gasteiger partial charge in [0.15, 0.2) is 0 Å². The topological polar surface area (TPSA) is 55.4 Å². The number of terminal acetylenes is 2. The molecule has 1 saturated carbocycles. The van der Waals surface area contributed by atoms with Crippen molar-refractivity contribution in [3.8, 4) is 25.7 Å². The summed E-state index contributed by atoms with van der Waals surface area (Å²) in [6, 6.07) is 9.48. The molecule has 1 aromatic carbocycles. The molecule has 1 aliphatic heterocycles. The van der Waals surface area contributed by atoms with E-state index in [0.29, 0.717) is 17.3 Å². The van der Waals surface area contributed by atoms with E-state index in [1.165, 1.54) is 0 Å². The fraction of sp³-hybridized carbons (Fsp3) is 0.417. The van der Waals surface area contributed by atoms with Gasteiger partial charge in [-0.25, -0.2) is 0 Å². The molecule has 1 fully saturated rings. The number of rotatable bonds is 3. The van der Waals surface area contributed by atoms with E-state index in [2.05, 4.69) is 37.9 Å². The maximum absolute atomic E-state index is 12.7. The molecule has 28 heavy (non-hydrogen) atoms. The van der Waals surface area contributed by atoms with Gasteiger partial charge < -0.3 is 10.1 Å². The smallest absolute Gasteiger partial charge is 0.313 e. The summed E-state index contributed by atoms with van der Waals surface area (Å²) in [5, 5.41) is 3.14. The fourth-order valence-electron chi connectivity index (χ4n) is 3.52. The first-order valence-electron chi connectivity index (χ1n) is 9.44. The lowest BCUT2D eigenvalue weighted by atomic mass is 9.76. The molecule has 0 unspecified atom stereocenters. The molecule has 0 radical (unpaired) electrons. The van der Waals surface area contributed by atoms with Crippen molar-refractivity contribution in [3.63, 3.8) is 0 Å². The predicted molar refractivity (Wildman–Crippen MR) is 117 cm³/mol. The average molecular weight is 384 g/mol. The SMILES string of the molecule is C#C.C#C.CC1CCC2(CC1)NC(=O)C(c1ccccc1)=C2OC(=O)C(C)C.[HH].[HH]. The minimum atomic E-state index is -0.528. The largest absolute Gasteiger partial charge is 0.427 e. The Bertz CT molecular complexity index is 752. The Balaban J connectivity index is 0. The molecule has 1 aliphatic carbocycles. The minimum Gasteiger partial charge on any atom is -0.427 e. The van der Waals surface area contributed by atoms with Crippen LogP contribution in [-0.4, -0.2) is 17.4 Å². The molecule has 0 saturated heterocycles. The maximum Gasteiger partial charge on any atom is 0.313 e. The highest BCUT2D eigenvalue weighted by atomic mass is 16.5. The van der Waals surface area contributed by atoms with Crippen molar-refractivity contribution in [2.75, 3.05) is 0 Å². The minimum absolute atomic E-state index is 0. The van der Waals surface area contributed by atoms with Crippen LogP contribution < -0.4 is 5.32 Å². The van der Waals surface area contributed by atoms with Gasteiger partial charge in [-0.3, -0.25) is 9.59 Å². The molecule has 3 rings (SSSR count). The average Bonchev–Trinajstić information content (AvgIpc) is 2.99. The Morgan fingerprint density at radius 1 is 1.14 bits per heavy atom. The number of carbonyl (C=O) groups excluding carboxylic acids is 2. The van der Waals surface area contributed by atoms with E-state index in [1.54, 1.807) is 0 Å². The molecule has 0 bridgehead atoms. The van der Waals surface area contributed by atoms with Crippen molar-refractivity contribution in [2.45, 2.75) is 52.0 Å². The normalized spacial score (nSPS) is 23.1. The summed E-state index contributed by atoms with van der Waals surface area (Å²) in [6.07, 6.45) is 19.7. The second-order valence-corrected chi connectivity index (χ2v) is 7.36. The molecular weight excluding hydrogens is 350 g/mol. The predicted octanol–water partition coefficient (Wildman–Crippen LogP) is 4.67. The Kier molecular flexibility index (Phi) is 8.55. The van der Waals surface area contributed by atoms with Crippen LogP contribution in [0.5, 0.6) is 0 Å². The second kappa shape index (κ2) is 10.4. The lowest BCUT2D eigenvalue weighted by Crippen LogP contribution is -2.48. The summed E-state index contributed by atoms with van der Waals surface area (Å²) in [7, 11) is 0. The quantitative estimate of drug-likeness (QED) is 0.610. The van der Waals surface area contributed by atoms with Crippen LogP contribution in [0.3, 0.4) is 0 Å². The lowest BCUT2D eigenvalue weighted by Gasteiger charge is -2.37. The molecule has 0 atom stereocenters. The van der Waals surface area contributed by atoms with E-state index in [-0.39, 0.29) is 20.6 Å². The van der Waals surface area contributed by atoms with Crippen LogP contribution in [0.2, 0.25) is 0 Å². The van der Waals surface area contributed by atoms with Crippen molar-refractivity contribution < 1.29 is 17.2 Å². The first kappa shape index (κ1) is 23.1. The second-order valence-electron chi connectivity index (χ2n) is 7.36. The van der Waals surface area contributed by atoms with Gasteiger partial charge in [0.1, 0.15) is 5.76 Å². The highest BCUT2D eigenvalue weighted by Crippen LogP contribution is 2.44. The Morgan fingerprint density at radius 2 is 1.68 bits per heavy atom. The van der Waals surface area contributed by atoms with Crippen LogP contribution >= 0.6 is 0 Å². The number of benzene rings is 1. The van der Waals surface area contributed by atoms with Crippen molar-refractivity contribution in [1.82, 2.24) is 5.32 Å². The third-order valence-corrected chi connectivity index (χ3v) is 5.11. The van der Waals surface area contributed by atoms with Gasteiger partial charge in [-0.2, -0.15) is 0 Å². The Labute approximate surface area is 171 Å². The van der Waals surface area contributed by atoms with Crippen molar-refractivity contribution in [2.24, 2.45) is 11.8 Å². The zero-order valence-electron chi connectivity index (χ0n) is 16.9. The highest BCUT2D eigenvalue weighted by molar-refractivity contribution is 6.23. The van der Waals surface area contributed by atoms with E-state index in [4.69, 9.17) is 4.74 Å². The zero-order valence-corrected chi connectivity index (χ0v) is 16.9. The van der Waals surface area contributed by atoms with Gasteiger partial charge >= 0.3 is 5.97 Å². The summed E-state index contributed by atoms with van der Waals surface area (Å²) in [5.74, 6) is 0.514. The molecule has 4 nitrogen and oxygen atoms in total. The summed E-state index contributed by atoms with van der Waals surface area (Å²) in [4.78, 5) is 25.0. The third kappa shape index (κ3) is 4.84. The zero-order chi connectivity index (χ0) is 21.3. The summed E-state index contributed by atoms with van der Waals surface area (Å²) >= 11 is 0. The van der Waals surface area contributed by atoms with E-state index in [0.717, 1.165) is 31.2 Å². The van der Waals surface area contributed by atoms with Crippen molar-refractivity contribution >= 4 is 17.4 Å². The standard InChI is InChI=1S/C20H25NO3.2C2H2.2H2/c1-13(2)19(23)24-17-16(15-7-5-4-6-8-15)18(22)21-20(17)11-9-14(3)10-12-20;2*1-2;;/h4-8,13-14H,9-12H2,1-3H3,(H,21,22);2*1-2H;2*1H. The van der Waals surface area contributed by atoms with E-state index in [9.17, 15) is 9.59 Å². The molecule has 4 heteroatoms. The van der Waals surface area contributed by atoms with Crippen LogP contribution in [0.15, 0.2) is 36.1 Å². The summed E-state index contributed by atoms with van der Waals surface area (Å²) in [5.41, 5.74) is 0.787. The van der Waals surface area contributed by atoms with Crippen LogP contribution in [0.1, 0.15) is 54.9 Å². The number of hydrogen-bond acceptors (Lipinski definition) is 3. The van der Waals surface area contributed by atoms with E-state index < -0.39 is 5.54 Å². The number of amides is 1. The number of nitrogens with one attached hydrogen (secondary N) is 1. The molecule has 1 heterocycles. The Morgan fingerprint density at radius 3 is 2.18 bits per heavy atom. The summed E-state index contributed by atoms with van der Waals surface area (Å²) in [6.45, 7) is 5.85. The molecular formula is C24H33NO3. The van der Waals surface area contributed by atoms with Gasteiger partial charge in [-0.1, -0.05) is 51.1 Å². The molecule has 2 aliphatic rings.